The van der Waals surface area contributed by atoms with Gasteiger partial charge >= 0.3 is 0 Å². The summed E-state index contributed by atoms with van der Waals surface area (Å²) in [6.45, 7) is 4.25. The molecule has 0 aliphatic heterocycles. The minimum absolute atomic E-state index is 0.0217. The topological polar surface area (TPSA) is 55.4 Å². The van der Waals surface area contributed by atoms with Crippen LogP contribution in [0.5, 0.6) is 0 Å². The predicted molar refractivity (Wildman–Crippen MR) is 60.0 cm³/mol. The van der Waals surface area contributed by atoms with E-state index in [1.165, 1.54) is 5.56 Å². The summed E-state index contributed by atoms with van der Waals surface area (Å²) >= 11 is 0. The molecule has 1 aromatic rings. The lowest BCUT2D eigenvalue weighted by Crippen LogP contribution is -2.11. The molecule has 2 rings (SSSR count). The van der Waals surface area contributed by atoms with Crippen LogP contribution in [0, 0.1) is 0 Å². The van der Waals surface area contributed by atoms with Gasteiger partial charge < -0.3 is 5.84 Å². The normalized spacial score (nSPS) is 17.5. The number of ketones is 1. The van der Waals surface area contributed by atoms with Crippen LogP contribution in [0.25, 0.3) is 0 Å². The molecule has 0 unspecified atom stereocenters. The Morgan fingerprint density at radius 3 is 2.73 bits per heavy atom. The van der Waals surface area contributed by atoms with Crippen molar-refractivity contribution in [2.75, 3.05) is 0 Å². The third-order valence-corrected chi connectivity index (χ3v) is 2.80. The fraction of sp³-hybridized carbons (Fsp3) is 0.333. The minimum Gasteiger partial charge on any atom is -0.323 e. The molecule has 0 amide bonds. The lowest BCUT2D eigenvalue weighted by molar-refractivity contribution is -0.112. The average Bonchev–Trinajstić information content (AvgIpc) is 2.51. The highest BCUT2D eigenvalue weighted by atomic mass is 16.1. The molecule has 0 bridgehead atoms. The number of Topliss-reactive ketones (excluding diaryl/α,β-unsaturated/α-hetero) is 1. The number of fused-ring (bicyclic) bond motifs is 1. The minimum atomic E-state index is 0.0217. The molecule has 3 heteroatoms. The summed E-state index contributed by atoms with van der Waals surface area (Å²) in [5.74, 6) is 5.70. The number of hydrazone groups is 1. The number of hydrogen-bond donors (Lipinski definition) is 1. The number of carbonyl (C=O) groups is 1. The quantitative estimate of drug-likeness (QED) is 0.555. The maximum absolute atomic E-state index is 11.5. The van der Waals surface area contributed by atoms with E-state index in [9.17, 15) is 4.79 Å². The first kappa shape index (κ1) is 9.90. The van der Waals surface area contributed by atoms with Crippen LogP contribution in [0.15, 0.2) is 23.3 Å². The standard InChI is InChI=1S/C12H14N2O/c1-7(2)8-3-4-9-6-11(15)12(14-13)10(9)5-8/h3-5,7H,6,13H2,1-2H3/b14-12+. The van der Waals surface area contributed by atoms with Crippen molar-refractivity contribution in [1.29, 1.82) is 0 Å². The molecule has 1 aliphatic carbocycles. The largest absolute Gasteiger partial charge is 0.323 e. The van der Waals surface area contributed by atoms with Gasteiger partial charge in [-0.2, -0.15) is 5.10 Å². The Hall–Kier alpha value is -1.64. The average molecular weight is 202 g/mol. The summed E-state index contributed by atoms with van der Waals surface area (Å²) in [6, 6.07) is 6.09. The third-order valence-electron chi connectivity index (χ3n) is 2.80. The van der Waals surface area contributed by atoms with Gasteiger partial charge in [-0.1, -0.05) is 26.0 Å². The van der Waals surface area contributed by atoms with E-state index in [1.54, 1.807) is 0 Å². The van der Waals surface area contributed by atoms with Gasteiger partial charge in [0.15, 0.2) is 5.78 Å². The summed E-state index contributed by atoms with van der Waals surface area (Å²) in [6.07, 6.45) is 0.434. The Kier molecular flexibility index (Phi) is 2.31. The zero-order valence-corrected chi connectivity index (χ0v) is 8.95. The number of nitrogens with two attached hydrogens (primary N) is 1. The van der Waals surface area contributed by atoms with Gasteiger partial charge in [0, 0.05) is 12.0 Å². The van der Waals surface area contributed by atoms with Gasteiger partial charge in [0.1, 0.15) is 5.71 Å². The molecule has 78 valence electrons. The molecule has 0 saturated carbocycles. The molecule has 0 aromatic heterocycles. The van der Waals surface area contributed by atoms with Crippen molar-refractivity contribution in [3.63, 3.8) is 0 Å². The Morgan fingerprint density at radius 2 is 2.13 bits per heavy atom. The maximum Gasteiger partial charge on any atom is 0.187 e. The van der Waals surface area contributed by atoms with Gasteiger partial charge in [0.25, 0.3) is 0 Å². The molecule has 0 heterocycles. The molecule has 3 nitrogen and oxygen atoms in total. The Morgan fingerprint density at radius 1 is 1.40 bits per heavy atom. The van der Waals surface area contributed by atoms with Crippen LogP contribution in [0.1, 0.15) is 36.5 Å². The van der Waals surface area contributed by atoms with Gasteiger partial charge in [0.2, 0.25) is 0 Å². The lowest BCUT2D eigenvalue weighted by Gasteiger charge is -2.07. The molecule has 0 radical (unpaired) electrons. The van der Waals surface area contributed by atoms with Gasteiger partial charge in [-0.05, 0) is 23.1 Å². The van der Waals surface area contributed by atoms with Crippen molar-refractivity contribution in [3.8, 4) is 0 Å². The van der Waals surface area contributed by atoms with Crippen molar-refractivity contribution in [2.45, 2.75) is 26.2 Å². The van der Waals surface area contributed by atoms with Crippen LogP contribution >= 0.6 is 0 Å². The smallest absolute Gasteiger partial charge is 0.187 e. The highest BCUT2D eigenvalue weighted by molar-refractivity contribution is 6.49. The van der Waals surface area contributed by atoms with E-state index in [2.05, 4.69) is 25.0 Å². The number of benzene rings is 1. The number of nitrogens with zero attached hydrogens (tertiary/aromatic N) is 1. The zero-order valence-electron chi connectivity index (χ0n) is 8.95. The summed E-state index contributed by atoms with van der Waals surface area (Å²) in [7, 11) is 0. The van der Waals surface area contributed by atoms with Crippen LogP contribution in [0.3, 0.4) is 0 Å². The second-order valence-corrected chi connectivity index (χ2v) is 4.15. The first-order valence-corrected chi connectivity index (χ1v) is 5.07. The van der Waals surface area contributed by atoms with Crippen molar-refractivity contribution in [2.24, 2.45) is 10.9 Å². The van der Waals surface area contributed by atoms with E-state index in [1.807, 2.05) is 12.1 Å². The Labute approximate surface area is 89.0 Å². The van der Waals surface area contributed by atoms with Crippen molar-refractivity contribution >= 4 is 11.5 Å². The molecule has 2 N–H and O–H groups in total. The molecule has 1 aliphatic rings. The number of rotatable bonds is 1. The number of carbonyl (C=O) groups excluding carboxylic acids is 1. The lowest BCUT2D eigenvalue weighted by atomic mass is 9.98. The van der Waals surface area contributed by atoms with Crippen molar-refractivity contribution in [3.05, 3.63) is 34.9 Å². The molecule has 0 saturated heterocycles. The molecule has 1 aromatic carbocycles. The highest BCUT2D eigenvalue weighted by Crippen LogP contribution is 2.24. The van der Waals surface area contributed by atoms with E-state index in [-0.39, 0.29) is 5.78 Å². The van der Waals surface area contributed by atoms with Crippen LogP contribution in [-0.4, -0.2) is 11.5 Å². The first-order valence-electron chi connectivity index (χ1n) is 5.07. The second-order valence-electron chi connectivity index (χ2n) is 4.15. The molecule has 15 heavy (non-hydrogen) atoms. The summed E-state index contributed by atoms with van der Waals surface area (Å²) in [5.41, 5.74) is 3.58. The monoisotopic (exact) mass is 202 g/mol. The molecule has 0 spiro atoms. The Balaban J connectivity index is 2.54. The van der Waals surface area contributed by atoms with Crippen molar-refractivity contribution < 1.29 is 4.79 Å². The highest BCUT2D eigenvalue weighted by Gasteiger charge is 2.26. The fourth-order valence-corrected chi connectivity index (χ4v) is 1.88. The van der Waals surface area contributed by atoms with Crippen LogP contribution < -0.4 is 5.84 Å². The molecular weight excluding hydrogens is 188 g/mol. The van der Waals surface area contributed by atoms with Crippen LogP contribution in [-0.2, 0) is 11.2 Å². The molecule has 0 atom stereocenters. The van der Waals surface area contributed by atoms with Gasteiger partial charge in [-0.15, -0.1) is 0 Å². The van der Waals surface area contributed by atoms with Crippen LogP contribution in [0.2, 0.25) is 0 Å². The predicted octanol–water partition coefficient (Wildman–Crippen LogP) is 1.60. The SMILES string of the molecule is CC(C)c1ccc2c(c1)/C(=N\N)C(=O)C2. The molecular formula is C12H14N2O. The van der Waals surface area contributed by atoms with E-state index in [0.29, 0.717) is 18.1 Å². The van der Waals surface area contributed by atoms with E-state index < -0.39 is 0 Å². The summed E-state index contributed by atoms with van der Waals surface area (Å²) < 4.78 is 0. The fourth-order valence-electron chi connectivity index (χ4n) is 1.88. The number of hydrogen-bond acceptors (Lipinski definition) is 3. The third kappa shape index (κ3) is 1.54. The van der Waals surface area contributed by atoms with E-state index in [0.717, 1.165) is 11.1 Å². The summed E-state index contributed by atoms with van der Waals surface area (Å²) in [4.78, 5) is 11.5. The van der Waals surface area contributed by atoms with Crippen LogP contribution in [0.4, 0.5) is 0 Å². The van der Waals surface area contributed by atoms with Crippen molar-refractivity contribution in [1.82, 2.24) is 0 Å². The van der Waals surface area contributed by atoms with E-state index >= 15 is 0 Å². The zero-order chi connectivity index (χ0) is 11.0. The van der Waals surface area contributed by atoms with Gasteiger partial charge in [0.05, 0.1) is 0 Å². The maximum atomic E-state index is 11.5. The van der Waals surface area contributed by atoms with Gasteiger partial charge in [-0.3, -0.25) is 4.79 Å². The van der Waals surface area contributed by atoms with Gasteiger partial charge in [-0.25, -0.2) is 0 Å². The first-order chi connectivity index (χ1) is 7.13. The Bertz CT molecular complexity index is 447. The van der Waals surface area contributed by atoms with E-state index in [4.69, 9.17) is 5.84 Å². The second kappa shape index (κ2) is 3.50. The molecule has 0 fully saturated rings. The summed E-state index contributed by atoms with van der Waals surface area (Å²) in [5, 5.41) is 3.58.